The Balaban J connectivity index is 1.55. The van der Waals surface area contributed by atoms with Crippen LogP contribution in [-0.4, -0.2) is 68.3 Å². The van der Waals surface area contributed by atoms with Crippen molar-refractivity contribution in [2.24, 2.45) is 5.73 Å². The summed E-state index contributed by atoms with van der Waals surface area (Å²) in [6.45, 7) is 0. The normalized spacial score (nSPS) is 13.4. The van der Waals surface area contributed by atoms with Crippen LogP contribution in [0.15, 0.2) is 103 Å². The first-order valence-electron chi connectivity index (χ1n) is 15.2. The van der Waals surface area contributed by atoms with Gasteiger partial charge in [-0.25, -0.2) is 4.79 Å². The molecule has 0 saturated heterocycles. The summed E-state index contributed by atoms with van der Waals surface area (Å²) in [4.78, 5) is 52.9. The molecule has 0 aliphatic heterocycles. The number of carboxylic acid groups (broad SMARTS) is 1. The minimum Gasteiger partial charge on any atom is -0.508 e. The second kappa shape index (κ2) is 16.6. The molecule has 0 spiro atoms. The molecule has 12 heteroatoms. The monoisotopic (exact) mass is 654 g/mol. The van der Waals surface area contributed by atoms with Crippen molar-refractivity contribution in [3.8, 4) is 17.2 Å². The number of nitrogens with one attached hydrogen (secondary N) is 3. The maximum atomic E-state index is 13.9. The van der Waals surface area contributed by atoms with Crippen LogP contribution in [0.2, 0.25) is 0 Å². The van der Waals surface area contributed by atoms with Crippen LogP contribution in [0.3, 0.4) is 0 Å². The molecule has 0 saturated carbocycles. The molecule has 0 aliphatic rings. The maximum Gasteiger partial charge on any atom is 0.326 e. The Bertz CT molecular complexity index is 1680. The van der Waals surface area contributed by atoms with Gasteiger partial charge in [-0.15, -0.1) is 0 Å². The van der Waals surface area contributed by atoms with E-state index in [9.17, 15) is 39.6 Å². The van der Waals surface area contributed by atoms with Gasteiger partial charge < -0.3 is 42.1 Å². The summed E-state index contributed by atoms with van der Waals surface area (Å²) in [7, 11) is 0. The molecule has 12 nitrogen and oxygen atoms in total. The van der Waals surface area contributed by atoms with Gasteiger partial charge in [0.25, 0.3) is 0 Å². The van der Waals surface area contributed by atoms with Gasteiger partial charge in [-0.1, -0.05) is 66.7 Å². The first-order valence-corrected chi connectivity index (χ1v) is 15.2. The Morgan fingerprint density at radius 1 is 0.479 bits per heavy atom. The molecular weight excluding hydrogens is 616 g/mol. The van der Waals surface area contributed by atoms with E-state index < -0.39 is 47.9 Å². The fourth-order valence-electron chi connectivity index (χ4n) is 5.01. The molecule has 4 rings (SSSR count). The summed E-state index contributed by atoms with van der Waals surface area (Å²) < 4.78 is 0. The van der Waals surface area contributed by atoms with Crippen LogP contribution in [0.25, 0.3) is 0 Å². The van der Waals surface area contributed by atoms with Crippen LogP contribution in [0.5, 0.6) is 17.2 Å². The number of benzene rings is 4. The van der Waals surface area contributed by atoms with E-state index in [2.05, 4.69) is 16.0 Å². The van der Waals surface area contributed by atoms with Crippen LogP contribution in [-0.2, 0) is 44.9 Å². The molecule has 0 fully saturated rings. The maximum absolute atomic E-state index is 13.9. The average Bonchev–Trinajstić information content (AvgIpc) is 3.07. The summed E-state index contributed by atoms with van der Waals surface area (Å²) in [5, 5.41) is 46.7. The number of nitrogens with two attached hydrogens (primary N) is 1. The Morgan fingerprint density at radius 2 is 0.812 bits per heavy atom. The second-order valence-electron chi connectivity index (χ2n) is 11.4. The van der Waals surface area contributed by atoms with Gasteiger partial charge >= 0.3 is 5.97 Å². The highest BCUT2D eigenvalue weighted by Crippen LogP contribution is 2.15. The topological polar surface area (TPSA) is 211 Å². The van der Waals surface area contributed by atoms with E-state index in [0.717, 1.165) is 0 Å². The summed E-state index contributed by atoms with van der Waals surface area (Å²) in [6.07, 6.45) is 0.0500. The van der Waals surface area contributed by atoms with Crippen molar-refractivity contribution in [1.29, 1.82) is 0 Å². The molecule has 48 heavy (non-hydrogen) atoms. The van der Waals surface area contributed by atoms with E-state index >= 15 is 0 Å². The van der Waals surface area contributed by atoms with Crippen molar-refractivity contribution in [2.45, 2.75) is 49.9 Å². The zero-order valence-electron chi connectivity index (χ0n) is 26.0. The van der Waals surface area contributed by atoms with E-state index in [4.69, 9.17) is 5.73 Å². The lowest BCUT2D eigenvalue weighted by molar-refractivity contribution is -0.142. The number of carbonyl (C=O) groups excluding carboxylic acids is 3. The lowest BCUT2D eigenvalue weighted by Crippen LogP contribution is -2.58. The largest absolute Gasteiger partial charge is 0.508 e. The standard InChI is InChI=1S/C36H38N4O8/c37-29(18-23-6-12-26(41)13-7-23)33(44)38-30(20-24-8-14-27(42)15-9-24)34(45)39-31(19-22-4-2-1-3-5-22)35(46)40-32(36(47)48)21-25-10-16-28(43)17-11-25/h1-17,29-32,41-43H,18-21,37H2,(H,38,44)(H,39,45)(H,40,46)(H,47,48). The van der Waals surface area contributed by atoms with E-state index in [1.807, 2.05) is 0 Å². The number of rotatable bonds is 15. The predicted octanol–water partition coefficient (Wildman–Crippen LogP) is 1.94. The fourth-order valence-corrected chi connectivity index (χ4v) is 5.01. The third-order valence-corrected chi connectivity index (χ3v) is 7.64. The molecule has 0 aliphatic carbocycles. The van der Waals surface area contributed by atoms with Gasteiger partial charge in [-0.2, -0.15) is 0 Å². The van der Waals surface area contributed by atoms with E-state index in [1.54, 1.807) is 66.7 Å². The molecule has 4 atom stereocenters. The van der Waals surface area contributed by atoms with Gasteiger partial charge in [0.1, 0.15) is 35.4 Å². The molecule has 0 aromatic heterocycles. The third kappa shape index (κ3) is 10.6. The molecule has 4 aromatic carbocycles. The Hall–Kier alpha value is -5.88. The quantitative estimate of drug-likeness (QED) is 0.0940. The van der Waals surface area contributed by atoms with Crippen molar-refractivity contribution >= 4 is 23.7 Å². The molecule has 0 heterocycles. The molecular formula is C36H38N4O8. The van der Waals surface area contributed by atoms with Crippen LogP contribution in [0.1, 0.15) is 22.3 Å². The van der Waals surface area contributed by atoms with Gasteiger partial charge in [0.2, 0.25) is 17.7 Å². The van der Waals surface area contributed by atoms with E-state index in [-0.39, 0.29) is 42.9 Å². The lowest BCUT2D eigenvalue weighted by Gasteiger charge is -2.25. The average molecular weight is 655 g/mol. The fraction of sp³-hybridized carbons (Fsp3) is 0.222. The first kappa shape index (κ1) is 35.0. The highest BCUT2D eigenvalue weighted by molar-refractivity contribution is 5.94. The number of carboxylic acids is 1. The summed E-state index contributed by atoms with van der Waals surface area (Å²) in [6, 6.07) is 22.2. The third-order valence-electron chi connectivity index (χ3n) is 7.64. The molecule has 0 bridgehead atoms. The van der Waals surface area contributed by atoms with Gasteiger partial charge in [0, 0.05) is 19.3 Å². The Morgan fingerprint density at radius 3 is 1.23 bits per heavy atom. The number of amides is 3. The Labute approximate surface area is 277 Å². The van der Waals surface area contributed by atoms with Gasteiger partial charge in [-0.05, 0) is 65.1 Å². The number of phenols is 3. The number of aliphatic carboxylic acids is 1. The molecule has 9 N–H and O–H groups in total. The van der Waals surface area contributed by atoms with Crippen molar-refractivity contribution in [3.63, 3.8) is 0 Å². The summed E-state index contributed by atoms with van der Waals surface area (Å²) >= 11 is 0. The van der Waals surface area contributed by atoms with Crippen LogP contribution >= 0.6 is 0 Å². The van der Waals surface area contributed by atoms with Crippen molar-refractivity contribution in [2.75, 3.05) is 0 Å². The van der Waals surface area contributed by atoms with Crippen LogP contribution in [0, 0.1) is 0 Å². The second-order valence-corrected chi connectivity index (χ2v) is 11.4. The summed E-state index contributed by atoms with van der Waals surface area (Å²) in [5.41, 5.74) is 8.73. The van der Waals surface area contributed by atoms with Crippen molar-refractivity contribution < 1.29 is 39.6 Å². The zero-order chi connectivity index (χ0) is 34.6. The smallest absolute Gasteiger partial charge is 0.326 e. The number of hydrogen-bond acceptors (Lipinski definition) is 8. The number of phenolic OH excluding ortho intramolecular Hbond substituents is 3. The highest BCUT2D eigenvalue weighted by atomic mass is 16.4. The highest BCUT2D eigenvalue weighted by Gasteiger charge is 2.31. The molecule has 3 amide bonds. The number of carbonyl (C=O) groups is 4. The molecule has 4 unspecified atom stereocenters. The van der Waals surface area contributed by atoms with Gasteiger partial charge in [0.05, 0.1) is 6.04 Å². The molecule has 4 aromatic rings. The molecule has 250 valence electrons. The van der Waals surface area contributed by atoms with E-state index in [1.165, 1.54) is 36.4 Å². The first-order chi connectivity index (χ1) is 23.0. The summed E-state index contributed by atoms with van der Waals surface area (Å²) in [5.74, 6) is -3.30. The van der Waals surface area contributed by atoms with Gasteiger partial charge in [0.15, 0.2) is 0 Å². The SMILES string of the molecule is NC(Cc1ccc(O)cc1)C(=O)NC(Cc1ccc(O)cc1)C(=O)NC(Cc1ccccc1)C(=O)NC(Cc1ccc(O)cc1)C(=O)O. The minimum atomic E-state index is -1.34. The van der Waals surface area contributed by atoms with Crippen molar-refractivity contribution in [1.82, 2.24) is 16.0 Å². The zero-order valence-corrected chi connectivity index (χ0v) is 26.0. The van der Waals surface area contributed by atoms with Gasteiger partial charge in [-0.3, -0.25) is 14.4 Å². The molecule has 0 radical (unpaired) electrons. The van der Waals surface area contributed by atoms with E-state index in [0.29, 0.717) is 22.3 Å². The van der Waals surface area contributed by atoms with Crippen molar-refractivity contribution in [3.05, 3.63) is 125 Å². The lowest BCUT2D eigenvalue weighted by atomic mass is 10.0. The minimum absolute atomic E-state index is 0.00978. The van der Waals surface area contributed by atoms with Crippen LogP contribution in [0.4, 0.5) is 0 Å². The van der Waals surface area contributed by atoms with Crippen LogP contribution < -0.4 is 21.7 Å². The predicted molar refractivity (Wildman–Crippen MR) is 177 cm³/mol. The number of hydrogen-bond donors (Lipinski definition) is 8. The number of aromatic hydroxyl groups is 3. The Kier molecular flexibility index (Phi) is 12.1.